The van der Waals surface area contributed by atoms with Gasteiger partial charge in [0.15, 0.2) is 0 Å². The van der Waals surface area contributed by atoms with Gasteiger partial charge in [-0.05, 0) is 0 Å². The third kappa shape index (κ3) is 1.08. The summed E-state index contributed by atoms with van der Waals surface area (Å²) in [5.74, 6) is -5.98. The van der Waals surface area contributed by atoms with E-state index >= 15 is 0 Å². The summed E-state index contributed by atoms with van der Waals surface area (Å²) in [6.45, 7) is 0. The molecule has 0 aliphatic heterocycles. The van der Waals surface area contributed by atoms with Gasteiger partial charge in [-0.2, -0.15) is 0 Å². The van der Waals surface area contributed by atoms with Crippen molar-refractivity contribution in [1.29, 1.82) is 0 Å². The fourth-order valence-corrected chi connectivity index (χ4v) is 1.83. The van der Waals surface area contributed by atoms with Crippen LogP contribution < -0.4 is 0 Å². The van der Waals surface area contributed by atoms with Crippen LogP contribution in [0.2, 0.25) is 0 Å². The third-order valence-corrected chi connectivity index (χ3v) is 2.78. The van der Waals surface area contributed by atoms with Crippen molar-refractivity contribution in [3.05, 3.63) is 0 Å². The first-order valence-corrected chi connectivity index (χ1v) is 3.65. The predicted octanol–water partition coefficient (Wildman–Crippen LogP) is 1.55. The van der Waals surface area contributed by atoms with E-state index in [4.69, 9.17) is 28.3 Å². The predicted molar refractivity (Wildman–Crippen MR) is 35.4 cm³/mol. The molecule has 11 heavy (non-hydrogen) atoms. The summed E-state index contributed by atoms with van der Waals surface area (Å²) < 4.78 is 24.8. The summed E-state index contributed by atoms with van der Waals surface area (Å²) in [6, 6.07) is 0. The van der Waals surface area contributed by atoms with Crippen molar-refractivity contribution >= 4 is 29.2 Å². The molecule has 64 valence electrons. The van der Waals surface area contributed by atoms with Crippen molar-refractivity contribution < 1.29 is 18.7 Å². The van der Waals surface area contributed by atoms with Gasteiger partial charge >= 0.3 is 5.97 Å². The number of carboxylic acids is 1. The molecule has 0 amide bonds. The van der Waals surface area contributed by atoms with E-state index in [1.54, 1.807) is 0 Å². The molecule has 6 heteroatoms. The van der Waals surface area contributed by atoms with Crippen molar-refractivity contribution in [2.75, 3.05) is 0 Å². The van der Waals surface area contributed by atoms with Gasteiger partial charge in [0.05, 0.1) is 0 Å². The molecule has 1 aliphatic rings. The van der Waals surface area contributed by atoms with Gasteiger partial charge in [0, 0.05) is 0 Å². The lowest BCUT2D eigenvalue weighted by atomic mass is 9.80. The Balaban J connectivity index is 2.72. The molecule has 0 saturated heterocycles. The van der Waals surface area contributed by atoms with Gasteiger partial charge in [0.25, 0.3) is 5.92 Å². The molecular weight excluding hydrogens is 201 g/mol. The van der Waals surface area contributed by atoms with Crippen LogP contribution in [0.1, 0.15) is 0 Å². The second-order valence-corrected chi connectivity index (χ2v) is 3.28. The zero-order chi connectivity index (χ0) is 8.81. The maximum absolute atomic E-state index is 12.4. The molecule has 0 aromatic carbocycles. The van der Waals surface area contributed by atoms with Crippen molar-refractivity contribution in [3.63, 3.8) is 0 Å². The van der Waals surface area contributed by atoms with Gasteiger partial charge in [-0.15, -0.1) is 23.2 Å². The minimum atomic E-state index is -3.26. The molecular formula is C5H4Cl2F2O2. The second kappa shape index (κ2) is 2.45. The molecule has 1 saturated carbocycles. The minimum absolute atomic E-state index is 1.34. The molecule has 0 radical (unpaired) electrons. The number of aliphatic carboxylic acids is 1. The van der Waals surface area contributed by atoms with Gasteiger partial charge in [-0.25, -0.2) is 8.78 Å². The summed E-state index contributed by atoms with van der Waals surface area (Å²) in [5.41, 5.74) is 0. The summed E-state index contributed by atoms with van der Waals surface area (Å²) in [4.78, 5) is 10.2. The lowest BCUT2D eigenvalue weighted by Gasteiger charge is -2.42. The summed E-state index contributed by atoms with van der Waals surface area (Å²) >= 11 is 10.2. The van der Waals surface area contributed by atoms with Crippen LogP contribution in [-0.2, 0) is 4.79 Å². The van der Waals surface area contributed by atoms with Crippen LogP contribution in [0.3, 0.4) is 0 Å². The standard InChI is InChI=1S/C5H4Cl2F2O2/c6-2-1(4(10)11)3(7)5(2,8)9/h1-3H,(H,10,11). The van der Waals surface area contributed by atoms with Crippen LogP contribution in [0, 0.1) is 5.92 Å². The molecule has 2 unspecified atom stereocenters. The molecule has 1 rings (SSSR count). The summed E-state index contributed by atoms with van der Waals surface area (Å²) in [7, 11) is 0. The van der Waals surface area contributed by atoms with Crippen LogP contribution in [0.5, 0.6) is 0 Å². The van der Waals surface area contributed by atoms with Crippen LogP contribution in [0.4, 0.5) is 8.78 Å². The average molecular weight is 205 g/mol. The van der Waals surface area contributed by atoms with Crippen molar-refractivity contribution in [2.24, 2.45) is 5.92 Å². The van der Waals surface area contributed by atoms with E-state index in [2.05, 4.69) is 0 Å². The molecule has 0 aromatic rings. The Morgan fingerprint density at radius 2 is 1.73 bits per heavy atom. The molecule has 0 bridgehead atoms. The minimum Gasteiger partial charge on any atom is -0.481 e. The highest BCUT2D eigenvalue weighted by Crippen LogP contribution is 2.49. The Labute approximate surface area is 71.1 Å². The van der Waals surface area contributed by atoms with Gasteiger partial charge in [0.2, 0.25) is 0 Å². The van der Waals surface area contributed by atoms with Crippen LogP contribution in [0.25, 0.3) is 0 Å². The van der Waals surface area contributed by atoms with E-state index in [9.17, 15) is 13.6 Å². The Kier molecular flexibility index (Phi) is 2.01. The van der Waals surface area contributed by atoms with Crippen molar-refractivity contribution in [3.8, 4) is 0 Å². The Morgan fingerprint density at radius 1 is 1.36 bits per heavy atom. The Hall–Kier alpha value is -0.0900. The molecule has 1 fully saturated rings. The van der Waals surface area contributed by atoms with E-state index in [0.29, 0.717) is 0 Å². The number of alkyl halides is 4. The number of hydrogen-bond acceptors (Lipinski definition) is 1. The van der Waals surface area contributed by atoms with Gasteiger partial charge in [-0.3, -0.25) is 4.79 Å². The third-order valence-electron chi connectivity index (χ3n) is 1.65. The monoisotopic (exact) mass is 204 g/mol. The molecule has 0 heterocycles. The first-order valence-electron chi connectivity index (χ1n) is 2.77. The van der Waals surface area contributed by atoms with E-state index < -0.39 is 28.6 Å². The number of carboxylic acid groups (broad SMARTS) is 1. The Morgan fingerprint density at radius 3 is 1.91 bits per heavy atom. The van der Waals surface area contributed by atoms with E-state index in [0.717, 1.165) is 0 Å². The number of rotatable bonds is 1. The first kappa shape index (κ1) is 9.00. The van der Waals surface area contributed by atoms with Gasteiger partial charge < -0.3 is 5.11 Å². The SMILES string of the molecule is O=C(O)C1C(Cl)C(F)(F)C1Cl. The van der Waals surface area contributed by atoms with Crippen LogP contribution in [-0.4, -0.2) is 27.8 Å². The maximum atomic E-state index is 12.4. The van der Waals surface area contributed by atoms with Crippen LogP contribution >= 0.6 is 23.2 Å². The number of carbonyl (C=O) groups is 1. The van der Waals surface area contributed by atoms with Crippen LogP contribution in [0.15, 0.2) is 0 Å². The quantitative estimate of drug-likeness (QED) is 0.659. The highest BCUT2D eigenvalue weighted by atomic mass is 35.5. The fourth-order valence-electron chi connectivity index (χ4n) is 0.911. The molecule has 1 N–H and O–H groups in total. The number of halogens is 4. The Bertz CT molecular complexity index is 185. The molecule has 2 nitrogen and oxygen atoms in total. The smallest absolute Gasteiger partial charge is 0.309 e. The average Bonchev–Trinajstić information content (AvgIpc) is 1.87. The largest absolute Gasteiger partial charge is 0.481 e. The second-order valence-electron chi connectivity index (χ2n) is 2.34. The van der Waals surface area contributed by atoms with Crippen molar-refractivity contribution in [2.45, 2.75) is 16.7 Å². The fraction of sp³-hybridized carbons (Fsp3) is 0.800. The van der Waals surface area contributed by atoms with E-state index in [1.165, 1.54) is 0 Å². The van der Waals surface area contributed by atoms with Gasteiger partial charge in [-0.1, -0.05) is 0 Å². The normalized spacial score (nSPS) is 41.3. The summed E-state index contributed by atoms with van der Waals surface area (Å²) in [6.07, 6.45) is 0. The summed E-state index contributed by atoms with van der Waals surface area (Å²) in [5, 5.41) is 4.95. The molecule has 2 atom stereocenters. The van der Waals surface area contributed by atoms with Crippen molar-refractivity contribution in [1.82, 2.24) is 0 Å². The highest BCUT2D eigenvalue weighted by molar-refractivity contribution is 6.30. The number of hydrogen-bond donors (Lipinski definition) is 1. The maximum Gasteiger partial charge on any atom is 0.309 e. The molecule has 0 spiro atoms. The highest BCUT2D eigenvalue weighted by Gasteiger charge is 2.66. The topological polar surface area (TPSA) is 37.3 Å². The van der Waals surface area contributed by atoms with Gasteiger partial charge in [0.1, 0.15) is 16.7 Å². The zero-order valence-corrected chi connectivity index (χ0v) is 6.61. The molecule has 1 aliphatic carbocycles. The van der Waals surface area contributed by atoms with E-state index in [-0.39, 0.29) is 0 Å². The lowest BCUT2D eigenvalue weighted by molar-refractivity contribution is -0.161. The van der Waals surface area contributed by atoms with E-state index in [1.807, 2.05) is 0 Å². The zero-order valence-electron chi connectivity index (χ0n) is 5.10. The lowest BCUT2D eigenvalue weighted by Crippen LogP contribution is -2.62. The first-order chi connectivity index (χ1) is 4.89. The molecule has 0 aromatic heterocycles.